The molecule has 29 heavy (non-hydrogen) atoms. The summed E-state index contributed by atoms with van der Waals surface area (Å²) in [4.78, 5) is 16.6. The molecule has 0 unspecified atom stereocenters. The number of nitrogens with zero attached hydrogens (tertiary/aromatic N) is 3. The second kappa shape index (κ2) is 7.67. The van der Waals surface area contributed by atoms with E-state index in [1.807, 2.05) is 50.2 Å². The monoisotopic (exact) mass is 386 g/mol. The van der Waals surface area contributed by atoms with Gasteiger partial charge < -0.3 is 5.32 Å². The largest absolute Gasteiger partial charge is 0.322 e. The molecule has 0 bridgehead atoms. The number of amides is 1. The van der Waals surface area contributed by atoms with E-state index in [4.69, 9.17) is 0 Å². The molecular weight excluding hydrogens is 367 g/mol. The van der Waals surface area contributed by atoms with E-state index in [9.17, 15) is 9.18 Å². The van der Waals surface area contributed by atoms with Crippen LogP contribution in [0.5, 0.6) is 0 Å². The number of nitrogens with one attached hydrogen (secondary N) is 1. The van der Waals surface area contributed by atoms with E-state index >= 15 is 0 Å². The Bertz CT molecular complexity index is 1240. The number of halogens is 1. The average molecular weight is 386 g/mol. The summed E-state index contributed by atoms with van der Waals surface area (Å²) < 4.78 is 16.1. The van der Waals surface area contributed by atoms with Gasteiger partial charge >= 0.3 is 0 Å². The fraction of sp³-hybridized carbons (Fsp3) is 0.0870. The summed E-state index contributed by atoms with van der Waals surface area (Å²) in [5.74, 6) is -0.813. The minimum atomic E-state index is -0.462. The number of hydrogen-bond acceptors (Lipinski definition) is 3. The Morgan fingerprint density at radius 1 is 1.10 bits per heavy atom. The Morgan fingerprint density at radius 2 is 1.93 bits per heavy atom. The van der Waals surface area contributed by atoms with Crippen molar-refractivity contribution < 1.29 is 9.18 Å². The molecule has 0 saturated heterocycles. The number of rotatable bonds is 4. The lowest BCUT2D eigenvalue weighted by atomic mass is 10.1. The molecule has 0 aliphatic rings. The highest BCUT2D eigenvalue weighted by atomic mass is 19.1. The van der Waals surface area contributed by atoms with Gasteiger partial charge in [0.2, 0.25) is 5.91 Å². The van der Waals surface area contributed by atoms with Gasteiger partial charge in [0.25, 0.3) is 0 Å². The van der Waals surface area contributed by atoms with Gasteiger partial charge in [0.05, 0.1) is 11.2 Å². The van der Waals surface area contributed by atoms with E-state index in [0.717, 1.165) is 27.9 Å². The Hall–Kier alpha value is -3.80. The number of hydrogen-bond donors (Lipinski definition) is 1. The highest BCUT2D eigenvalue weighted by Gasteiger charge is 2.10. The van der Waals surface area contributed by atoms with Gasteiger partial charge in [-0.05, 0) is 50.3 Å². The third-order valence-electron chi connectivity index (χ3n) is 4.53. The number of aryl methyl sites for hydroxylation is 2. The first-order chi connectivity index (χ1) is 14.0. The lowest BCUT2D eigenvalue weighted by molar-refractivity contribution is -0.111. The Morgan fingerprint density at radius 3 is 2.69 bits per heavy atom. The van der Waals surface area contributed by atoms with Crippen molar-refractivity contribution in [3.63, 3.8) is 0 Å². The van der Waals surface area contributed by atoms with Crippen LogP contribution in [-0.4, -0.2) is 20.7 Å². The molecule has 0 aliphatic heterocycles. The second-order valence-corrected chi connectivity index (χ2v) is 6.75. The number of fused-ring (bicyclic) bond motifs is 1. The number of aromatic nitrogens is 3. The normalized spacial score (nSPS) is 11.3. The molecule has 4 aromatic rings. The predicted octanol–water partition coefficient (Wildman–Crippen LogP) is 4.83. The van der Waals surface area contributed by atoms with Crippen LogP contribution in [0, 0.1) is 19.7 Å². The maximum absolute atomic E-state index is 14.6. The Kier molecular flexibility index (Phi) is 4.91. The zero-order valence-corrected chi connectivity index (χ0v) is 16.1. The predicted molar refractivity (Wildman–Crippen MR) is 112 cm³/mol. The summed E-state index contributed by atoms with van der Waals surface area (Å²) >= 11 is 0. The van der Waals surface area contributed by atoms with E-state index in [2.05, 4.69) is 15.4 Å². The molecule has 0 aliphatic carbocycles. The molecule has 1 amide bonds. The molecule has 0 spiro atoms. The van der Waals surface area contributed by atoms with Crippen molar-refractivity contribution in [1.82, 2.24) is 14.8 Å². The molecule has 5 nitrogen and oxygen atoms in total. The zero-order valence-electron chi connectivity index (χ0n) is 16.1. The van der Waals surface area contributed by atoms with E-state index in [1.165, 1.54) is 12.1 Å². The molecule has 0 atom stereocenters. The van der Waals surface area contributed by atoms with E-state index in [0.29, 0.717) is 11.4 Å². The summed E-state index contributed by atoms with van der Waals surface area (Å²) in [6.45, 7) is 3.72. The molecule has 1 N–H and O–H groups in total. The Balaban J connectivity index is 1.52. The first kappa shape index (κ1) is 18.6. The number of carbonyl (C=O) groups excluding carboxylic acids is 1. The molecule has 4 rings (SSSR count). The molecule has 0 radical (unpaired) electrons. The quantitative estimate of drug-likeness (QED) is 0.511. The fourth-order valence-corrected chi connectivity index (χ4v) is 3.24. The van der Waals surface area contributed by atoms with Crippen molar-refractivity contribution in [2.24, 2.45) is 0 Å². The van der Waals surface area contributed by atoms with Gasteiger partial charge in [-0.25, -0.2) is 9.07 Å². The summed E-state index contributed by atoms with van der Waals surface area (Å²) in [6, 6.07) is 16.0. The standard InChI is InChI=1S/C23H19FN4O/c1-15-13-16(2)28(27-15)21-10-9-19(14-20(21)24)26-22(29)11-8-18-6-3-5-17-7-4-12-25-23(17)18/h3-14H,1-2H3,(H,26,29)/b11-8+. The smallest absolute Gasteiger partial charge is 0.248 e. The zero-order chi connectivity index (χ0) is 20.4. The molecule has 6 heteroatoms. The number of carbonyl (C=O) groups is 1. The van der Waals surface area contributed by atoms with Crippen LogP contribution in [0.4, 0.5) is 10.1 Å². The van der Waals surface area contributed by atoms with Crippen LogP contribution in [0.1, 0.15) is 17.0 Å². The summed E-state index contributed by atoms with van der Waals surface area (Å²) in [5.41, 5.74) is 4.02. The lowest BCUT2D eigenvalue weighted by Gasteiger charge is -2.08. The molecule has 0 saturated carbocycles. The van der Waals surface area contributed by atoms with Crippen LogP contribution < -0.4 is 5.32 Å². The molecular formula is C23H19FN4O. The number of pyridine rings is 1. The average Bonchev–Trinajstić information content (AvgIpc) is 3.04. The first-order valence-corrected chi connectivity index (χ1v) is 9.17. The van der Waals surface area contributed by atoms with Crippen molar-refractivity contribution in [3.05, 3.63) is 89.6 Å². The van der Waals surface area contributed by atoms with Crippen molar-refractivity contribution in [2.75, 3.05) is 5.32 Å². The van der Waals surface area contributed by atoms with Gasteiger partial charge in [-0.3, -0.25) is 9.78 Å². The lowest BCUT2D eigenvalue weighted by Crippen LogP contribution is -2.09. The van der Waals surface area contributed by atoms with Crippen LogP contribution >= 0.6 is 0 Å². The summed E-state index contributed by atoms with van der Waals surface area (Å²) in [7, 11) is 0. The van der Waals surface area contributed by atoms with Gasteiger partial charge in [0.15, 0.2) is 5.82 Å². The van der Waals surface area contributed by atoms with Crippen LogP contribution in [0.2, 0.25) is 0 Å². The van der Waals surface area contributed by atoms with Crippen molar-refractivity contribution in [1.29, 1.82) is 0 Å². The van der Waals surface area contributed by atoms with Gasteiger partial charge in [0, 0.05) is 34.6 Å². The molecule has 0 fully saturated rings. The van der Waals surface area contributed by atoms with Crippen molar-refractivity contribution >= 4 is 28.6 Å². The van der Waals surface area contributed by atoms with Gasteiger partial charge in [-0.1, -0.05) is 24.3 Å². The van der Waals surface area contributed by atoms with Crippen LogP contribution in [0.15, 0.2) is 66.9 Å². The minimum Gasteiger partial charge on any atom is -0.322 e. The topological polar surface area (TPSA) is 59.8 Å². The SMILES string of the molecule is Cc1cc(C)n(-c2ccc(NC(=O)/C=C/c3cccc4cccnc34)cc2F)n1. The minimum absolute atomic E-state index is 0.339. The van der Waals surface area contributed by atoms with Crippen LogP contribution in [0.3, 0.4) is 0 Å². The van der Waals surface area contributed by atoms with E-state index < -0.39 is 5.82 Å². The highest BCUT2D eigenvalue weighted by Crippen LogP contribution is 2.20. The van der Waals surface area contributed by atoms with E-state index in [1.54, 1.807) is 29.1 Å². The fourth-order valence-electron chi connectivity index (χ4n) is 3.24. The van der Waals surface area contributed by atoms with Crippen molar-refractivity contribution in [2.45, 2.75) is 13.8 Å². The number of benzene rings is 2. The maximum atomic E-state index is 14.6. The van der Waals surface area contributed by atoms with E-state index in [-0.39, 0.29) is 5.91 Å². The maximum Gasteiger partial charge on any atom is 0.248 e. The first-order valence-electron chi connectivity index (χ1n) is 9.17. The van der Waals surface area contributed by atoms with Crippen LogP contribution in [-0.2, 0) is 4.79 Å². The molecule has 2 aromatic heterocycles. The van der Waals surface area contributed by atoms with Gasteiger partial charge in [0.1, 0.15) is 5.69 Å². The Labute approximate surface area is 167 Å². The van der Waals surface area contributed by atoms with Gasteiger partial charge in [-0.2, -0.15) is 5.10 Å². The highest BCUT2D eigenvalue weighted by molar-refractivity contribution is 6.03. The van der Waals surface area contributed by atoms with Crippen molar-refractivity contribution in [3.8, 4) is 5.69 Å². The number of para-hydroxylation sites is 1. The number of anilines is 1. The third-order valence-corrected chi connectivity index (χ3v) is 4.53. The van der Waals surface area contributed by atoms with Gasteiger partial charge in [-0.15, -0.1) is 0 Å². The molecule has 2 aromatic carbocycles. The summed E-state index contributed by atoms with van der Waals surface area (Å²) in [6.07, 6.45) is 4.83. The van der Waals surface area contributed by atoms with Crippen LogP contribution in [0.25, 0.3) is 22.7 Å². The summed E-state index contributed by atoms with van der Waals surface area (Å²) in [5, 5.41) is 7.97. The third kappa shape index (κ3) is 3.91. The molecule has 144 valence electrons. The second-order valence-electron chi connectivity index (χ2n) is 6.75. The molecule has 2 heterocycles.